The number of nitrogens with zero attached hydrogens (tertiary/aromatic N) is 4. The predicted octanol–water partition coefficient (Wildman–Crippen LogP) is 1.79. The molecule has 6 heteroatoms. The van der Waals surface area contributed by atoms with Crippen molar-refractivity contribution in [1.29, 1.82) is 0 Å². The minimum atomic E-state index is 0.111. The van der Waals surface area contributed by atoms with Crippen LogP contribution in [0.5, 0.6) is 0 Å². The highest BCUT2D eigenvalue weighted by atomic mass is 16.2. The summed E-state index contributed by atoms with van der Waals surface area (Å²) in [6, 6.07) is 4.04. The molecule has 1 N–H and O–H groups in total. The van der Waals surface area contributed by atoms with Crippen molar-refractivity contribution in [1.82, 2.24) is 24.8 Å². The Bertz CT molecular complexity index is 674. The van der Waals surface area contributed by atoms with Crippen molar-refractivity contribution >= 4 is 5.91 Å². The third-order valence-corrected chi connectivity index (χ3v) is 4.84. The summed E-state index contributed by atoms with van der Waals surface area (Å²) in [7, 11) is 0. The Labute approximate surface area is 142 Å². The maximum Gasteiger partial charge on any atom is 0.253 e. The van der Waals surface area contributed by atoms with Crippen LogP contribution in [-0.2, 0) is 6.54 Å². The van der Waals surface area contributed by atoms with E-state index in [1.54, 1.807) is 24.5 Å². The quantitative estimate of drug-likeness (QED) is 0.909. The van der Waals surface area contributed by atoms with E-state index in [0.717, 1.165) is 50.3 Å². The fraction of sp³-hybridized carbons (Fsp3) is 0.500. The van der Waals surface area contributed by atoms with Crippen LogP contribution in [0.2, 0.25) is 0 Å². The second-order valence-electron chi connectivity index (χ2n) is 6.37. The topological polar surface area (TPSA) is 63.1 Å². The van der Waals surface area contributed by atoms with Crippen LogP contribution in [0.1, 0.15) is 34.6 Å². The standard InChI is InChI=1S/C18H25N5O/c1-14-15(2)23(13-21-14)12-9-20-17-5-10-22(11-6-17)18(24)16-3-7-19-8-4-16/h3-4,7-8,13,17,20H,5-6,9-12H2,1-2H3. The first-order valence-electron chi connectivity index (χ1n) is 8.56. The molecule has 0 bridgehead atoms. The molecule has 1 aliphatic rings. The van der Waals surface area contributed by atoms with E-state index in [1.165, 1.54) is 5.69 Å². The lowest BCUT2D eigenvalue weighted by Gasteiger charge is -2.32. The van der Waals surface area contributed by atoms with E-state index in [2.05, 4.69) is 26.8 Å². The number of amides is 1. The van der Waals surface area contributed by atoms with Gasteiger partial charge in [-0.25, -0.2) is 4.98 Å². The number of piperidine rings is 1. The van der Waals surface area contributed by atoms with E-state index in [1.807, 2.05) is 18.2 Å². The van der Waals surface area contributed by atoms with Crippen molar-refractivity contribution in [2.75, 3.05) is 19.6 Å². The van der Waals surface area contributed by atoms with Gasteiger partial charge in [-0.15, -0.1) is 0 Å². The number of aryl methyl sites for hydroxylation is 1. The van der Waals surface area contributed by atoms with Crippen LogP contribution in [0, 0.1) is 13.8 Å². The van der Waals surface area contributed by atoms with Gasteiger partial charge in [0.1, 0.15) is 0 Å². The largest absolute Gasteiger partial charge is 0.339 e. The lowest BCUT2D eigenvalue weighted by Crippen LogP contribution is -2.45. The SMILES string of the molecule is Cc1ncn(CCNC2CCN(C(=O)c3ccncc3)CC2)c1C. The Morgan fingerprint density at radius 1 is 1.25 bits per heavy atom. The molecule has 0 atom stereocenters. The van der Waals surface area contributed by atoms with E-state index in [4.69, 9.17) is 0 Å². The zero-order chi connectivity index (χ0) is 16.9. The average molecular weight is 327 g/mol. The Kier molecular flexibility index (Phi) is 5.25. The van der Waals surface area contributed by atoms with Gasteiger partial charge in [0.05, 0.1) is 12.0 Å². The third kappa shape index (κ3) is 3.82. The molecule has 1 fully saturated rings. The lowest BCUT2D eigenvalue weighted by molar-refractivity contribution is 0.0705. The van der Waals surface area contributed by atoms with E-state index < -0.39 is 0 Å². The first kappa shape index (κ1) is 16.6. The first-order chi connectivity index (χ1) is 11.6. The molecule has 3 rings (SSSR count). The Morgan fingerprint density at radius 3 is 2.58 bits per heavy atom. The van der Waals surface area contributed by atoms with Crippen molar-refractivity contribution in [3.63, 3.8) is 0 Å². The van der Waals surface area contributed by atoms with E-state index in [0.29, 0.717) is 6.04 Å². The predicted molar refractivity (Wildman–Crippen MR) is 92.9 cm³/mol. The maximum atomic E-state index is 12.4. The summed E-state index contributed by atoms with van der Waals surface area (Å²) < 4.78 is 2.18. The van der Waals surface area contributed by atoms with Crippen LogP contribution in [0.25, 0.3) is 0 Å². The number of rotatable bonds is 5. The molecule has 0 spiro atoms. The molecule has 3 heterocycles. The second-order valence-corrected chi connectivity index (χ2v) is 6.37. The van der Waals surface area contributed by atoms with E-state index >= 15 is 0 Å². The fourth-order valence-electron chi connectivity index (χ4n) is 3.12. The van der Waals surface area contributed by atoms with Gasteiger partial charge < -0.3 is 14.8 Å². The molecule has 2 aromatic heterocycles. The number of nitrogens with one attached hydrogen (secondary N) is 1. The number of carbonyl (C=O) groups excluding carboxylic acids is 1. The summed E-state index contributed by atoms with van der Waals surface area (Å²) in [5.41, 5.74) is 3.05. The number of imidazole rings is 1. The number of hydrogen-bond acceptors (Lipinski definition) is 4. The van der Waals surface area contributed by atoms with E-state index in [9.17, 15) is 4.79 Å². The van der Waals surface area contributed by atoms with Crippen LogP contribution in [0.4, 0.5) is 0 Å². The highest BCUT2D eigenvalue weighted by molar-refractivity contribution is 5.94. The van der Waals surface area contributed by atoms with Crippen LogP contribution >= 0.6 is 0 Å². The molecule has 0 unspecified atom stereocenters. The molecule has 2 aromatic rings. The summed E-state index contributed by atoms with van der Waals surface area (Å²) in [5.74, 6) is 0.111. The zero-order valence-electron chi connectivity index (χ0n) is 14.4. The third-order valence-electron chi connectivity index (χ3n) is 4.84. The number of pyridine rings is 1. The Balaban J connectivity index is 1.42. The number of likely N-dealkylation sites (tertiary alicyclic amines) is 1. The molecule has 128 valence electrons. The summed E-state index contributed by atoms with van der Waals surface area (Å²) in [6.07, 6.45) is 7.24. The molecule has 0 saturated carbocycles. The Hall–Kier alpha value is -2.21. The highest BCUT2D eigenvalue weighted by Gasteiger charge is 2.23. The van der Waals surface area contributed by atoms with E-state index in [-0.39, 0.29) is 5.91 Å². The van der Waals surface area contributed by atoms with Crippen LogP contribution in [0.3, 0.4) is 0 Å². The van der Waals surface area contributed by atoms with Crippen molar-refractivity contribution in [3.05, 3.63) is 47.8 Å². The van der Waals surface area contributed by atoms with Gasteiger partial charge in [0, 0.05) is 55.9 Å². The lowest BCUT2D eigenvalue weighted by atomic mass is 10.0. The molecule has 6 nitrogen and oxygen atoms in total. The highest BCUT2D eigenvalue weighted by Crippen LogP contribution is 2.14. The second kappa shape index (κ2) is 7.57. The van der Waals surface area contributed by atoms with Gasteiger partial charge in [0.25, 0.3) is 5.91 Å². The van der Waals surface area contributed by atoms with Gasteiger partial charge in [-0.05, 0) is 38.8 Å². The molecule has 1 saturated heterocycles. The molecule has 1 amide bonds. The summed E-state index contributed by atoms with van der Waals surface area (Å²) in [5, 5.41) is 3.61. The van der Waals surface area contributed by atoms with Crippen LogP contribution in [0.15, 0.2) is 30.9 Å². The molecular formula is C18H25N5O. The summed E-state index contributed by atoms with van der Waals surface area (Å²) >= 11 is 0. The van der Waals surface area contributed by atoms with Crippen molar-refractivity contribution in [2.24, 2.45) is 0 Å². The number of aromatic nitrogens is 3. The average Bonchev–Trinajstić information content (AvgIpc) is 2.95. The van der Waals surface area contributed by atoms with Gasteiger partial charge in [-0.2, -0.15) is 0 Å². The number of carbonyl (C=O) groups is 1. The molecule has 24 heavy (non-hydrogen) atoms. The van der Waals surface area contributed by atoms with Crippen LogP contribution in [-0.4, -0.2) is 51.0 Å². The van der Waals surface area contributed by atoms with Gasteiger partial charge in [-0.3, -0.25) is 9.78 Å². The zero-order valence-corrected chi connectivity index (χ0v) is 14.4. The minimum absolute atomic E-state index is 0.111. The summed E-state index contributed by atoms with van der Waals surface area (Å²) in [4.78, 5) is 22.6. The smallest absolute Gasteiger partial charge is 0.253 e. The molecule has 1 aliphatic heterocycles. The van der Waals surface area contributed by atoms with Crippen LogP contribution < -0.4 is 5.32 Å². The van der Waals surface area contributed by atoms with Gasteiger partial charge in [0.15, 0.2) is 0 Å². The summed E-state index contributed by atoms with van der Waals surface area (Å²) in [6.45, 7) is 7.62. The van der Waals surface area contributed by atoms with Crippen molar-refractivity contribution < 1.29 is 4.79 Å². The minimum Gasteiger partial charge on any atom is -0.339 e. The first-order valence-corrected chi connectivity index (χ1v) is 8.56. The maximum absolute atomic E-state index is 12.4. The number of hydrogen-bond donors (Lipinski definition) is 1. The van der Waals surface area contributed by atoms with Crippen molar-refractivity contribution in [2.45, 2.75) is 39.3 Å². The Morgan fingerprint density at radius 2 is 1.96 bits per heavy atom. The normalized spacial score (nSPS) is 15.7. The van der Waals surface area contributed by atoms with Gasteiger partial charge in [0.2, 0.25) is 0 Å². The van der Waals surface area contributed by atoms with Crippen molar-refractivity contribution in [3.8, 4) is 0 Å². The monoisotopic (exact) mass is 327 g/mol. The van der Waals surface area contributed by atoms with Gasteiger partial charge >= 0.3 is 0 Å². The molecule has 0 radical (unpaired) electrons. The molecule has 0 aliphatic carbocycles. The fourth-order valence-corrected chi connectivity index (χ4v) is 3.12. The van der Waals surface area contributed by atoms with Gasteiger partial charge in [-0.1, -0.05) is 0 Å². The molecule has 0 aromatic carbocycles. The molecular weight excluding hydrogens is 302 g/mol.